The van der Waals surface area contributed by atoms with Crippen molar-refractivity contribution in [3.05, 3.63) is 35.9 Å². The molecule has 0 aliphatic carbocycles. The van der Waals surface area contributed by atoms with Crippen LogP contribution in [-0.2, 0) is 25.6 Å². The Bertz CT molecular complexity index is 660. The molecule has 0 spiro atoms. The number of esters is 1. The summed E-state index contributed by atoms with van der Waals surface area (Å²) >= 11 is 0. The van der Waals surface area contributed by atoms with Gasteiger partial charge in [-0.05, 0) is 51.0 Å². The number of piperidine rings is 1. The van der Waals surface area contributed by atoms with Crippen LogP contribution >= 0.6 is 0 Å². The van der Waals surface area contributed by atoms with Gasteiger partial charge in [0.1, 0.15) is 0 Å². The quantitative estimate of drug-likeness (QED) is 0.625. The van der Waals surface area contributed by atoms with E-state index in [1.54, 1.807) is 0 Å². The fourth-order valence-corrected chi connectivity index (χ4v) is 4.33. The van der Waals surface area contributed by atoms with Crippen molar-refractivity contribution in [1.82, 2.24) is 9.96 Å². The maximum atomic E-state index is 12.9. The molecule has 1 aromatic rings. The lowest BCUT2D eigenvalue weighted by atomic mass is 9.75. The molecular formula is C23H34N2O4. The third-order valence-corrected chi connectivity index (χ3v) is 6.02. The molecule has 0 bridgehead atoms. The van der Waals surface area contributed by atoms with E-state index in [-0.39, 0.29) is 11.9 Å². The Labute approximate surface area is 174 Å². The van der Waals surface area contributed by atoms with Crippen molar-refractivity contribution in [1.29, 1.82) is 0 Å². The number of carbonyl (C=O) groups excluding carboxylic acids is 2. The number of carbonyl (C=O) groups is 2. The molecule has 0 aromatic heterocycles. The Morgan fingerprint density at radius 2 is 1.97 bits per heavy atom. The minimum absolute atomic E-state index is 0.104. The summed E-state index contributed by atoms with van der Waals surface area (Å²) in [6.45, 7) is 5.62. The summed E-state index contributed by atoms with van der Waals surface area (Å²) in [6, 6.07) is 10.2. The van der Waals surface area contributed by atoms with E-state index in [0.717, 1.165) is 45.3 Å². The van der Waals surface area contributed by atoms with Gasteiger partial charge in [0.05, 0.1) is 18.6 Å². The fraction of sp³-hybridized carbons (Fsp3) is 0.652. The third kappa shape index (κ3) is 6.03. The number of hydroxylamine groups is 2. The number of nitrogens with zero attached hydrogens (tertiary/aromatic N) is 2. The monoisotopic (exact) mass is 402 g/mol. The first kappa shape index (κ1) is 21.8. The van der Waals surface area contributed by atoms with Gasteiger partial charge >= 0.3 is 5.97 Å². The van der Waals surface area contributed by atoms with E-state index >= 15 is 0 Å². The minimum Gasteiger partial charge on any atom is -0.466 e. The Morgan fingerprint density at radius 1 is 1.14 bits per heavy atom. The summed E-state index contributed by atoms with van der Waals surface area (Å²) < 4.78 is 5.45. The van der Waals surface area contributed by atoms with Crippen LogP contribution in [0.4, 0.5) is 0 Å². The number of likely N-dealkylation sites (tertiary alicyclic amines) is 1. The molecule has 0 radical (unpaired) electrons. The number of ether oxygens (including phenoxy) is 1. The highest BCUT2D eigenvalue weighted by Crippen LogP contribution is 2.36. The van der Waals surface area contributed by atoms with Gasteiger partial charge in [-0.2, -0.15) is 5.06 Å². The van der Waals surface area contributed by atoms with Crippen LogP contribution in [0.5, 0.6) is 0 Å². The van der Waals surface area contributed by atoms with E-state index in [0.29, 0.717) is 39.1 Å². The minimum atomic E-state index is -0.610. The van der Waals surface area contributed by atoms with E-state index < -0.39 is 5.41 Å². The van der Waals surface area contributed by atoms with Gasteiger partial charge in [-0.1, -0.05) is 30.3 Å². The molecule has 3 rings (SSSR count). The second kappa shape index (κ2) is 10.7. The average Bonchev–Trinajstić information content (AvgIpc) is 2.78. The molecule has 1 unspecified atom stereocenters. The first-order valence-electron chi connectivity index (χ1n) is 11.0. The topological polar surface area (TPSA) is 59.1 Å². The third-order valence-electron chi connectivity index (χ3n) is 6.02. The van der Waals surface area contributed by atoms with Crippen molar-refractivity contribution in [2.24, 2.45) is 5.41 Å². The number of hydrogen-bond donors (Lipinski definition) is 0. The maximum Gasteiger partial charge on any atom is 0.313 e. The predicted octanol–water partition coefficient (Wildman–Crippen LogP) is 3.21. The SMILES string of the molecule is CCOC(=O)C1(CCc2ccccc2)CCCN(C(=O)CCN2CCCCO2)C1. The maximum absolute atomic E-state index is 12.9. The van der Waals surface area contributed by atoms with Gasteiger partial charge in [0, 0.05) is 32.6 Å². The van der Waals surface area contributed by atoms with Crippen LogP contribution in [0.1, 0.15) is 51.0 Å². The van der Waals surface area contributed by atoms with Gasteiger partial charge in [0.25, 0.3) is 0 Å². The van der Waals surface area contributed by atoms with Crippen LogP contribution in [0.15, 0.2) is 30.3 Å². The van der Waals surface area contributed by atoms with Crippen LogP contribution in [0.3, 0.4) is 0 Å². The molecule has 0 saturated carbocycles. The van der Waals surface area contributed by atoms with Gasteiger partial charge in [-0.3, -0.25) is 14.4 Å². The van der Waals surface area contributed by atoms with Crippen LogP contribution in [-0.4, -0.2) is 61.2 Å². The highest BCUT2D eigenvalue weighted by Gasteiger charge is 2.44. The van der Waals surface area contributed by atoms with Crippen molar-refractivity contribution < 1.29 is 19.2 Å². The largest absolute Gasteiger partial charge is 0.466 e. The number of benzene rings is 1. The van der Waals surface area contributed by atoms with Crippen molar-refractivity contribution in [3.63, 3.8) is 0 Å². The molecule has 2 aliphatic rings. The molecule has 2 aliphatic heterocycles. The Kier molecular flexibility index (Phi) is 8.07. The molecule has 2 fully saturated rings. The summed E-state index contributed by atoms with van der Waals surface area (Å²) in [7, 11) is 0. The number of rotatable bonds is 8. The molecule has 1 aromatic carbocycles. The Morgan fingerprint density at radius 3 is 2.69 bits per heavy atom. The number of hydrogen-bond acceptors (Lipinski definition) is 5. The molecule has 6 nitrogen and oxygen atoms in total. The van der Waals surface area contributed by atoms with Crippen LogP contribution in [0.25, 0.3) is 0 Å². The van der Waals surface area contributed by atoms with Crippen molar-refractivity contribution in [3.8, 4) is 0 Å². The second-order valence-corrected chi connectivity index (χ2v) is 8.12. The van der Waals surface area contributed by atoms with Gasteiger partial charge in [-0.15, -0.1) is 0 Å². The molecule has 29 heavy (non-hydrogen) atoms. The van der Waals surface area contributed by atoms with E-state index in [1.165, 1.54) is 5.56 Å². The van der Waals surface area contributed by atoms with Crippen LogP contribution < -0.4 is 0 Å². The standard InChI is InChI=1S/C23H34N2O4/c1-2-28-22(27)23(14-11-20-9-4-3-5-10-20)13-8-15-24(19-23)21(26)12-17-25-16-6-7-18-29-25/h3-5,9-10H,2,6-8,11-19H2,1H3. The smallest absolute Gasteiger partial charge is 0.313 e. The van der Waals surface area contributed by atoms with Crippen molar-refractivity contribution in [2.45, 2.75) is 51.9 Å². The zero-order valence-corrected chi connectivity index (χ0v) is 17.6. The second-order valence-electron chi connectivity index (χ2n) is 8.12. The summed E-state index contributed by atoms with van der Waals surface area (Å²) in [5.74, 6) is -0.0555. The van der Waals surface area contributed by atoms with Crippen LogP contribution in [0, 0.1) is 5.41 Å². The van der Waals surface area contributed by atoms with E-state index in [1.807, 2.05) is 35.1 Å². The van der Waals surface area contributed by atoms with E-state index in [9.17, 15) is 9.59 Å². The number of amides is 1. The molecule has 0 N–H and O–H groups in total. The highest BCUT2D eigenvalue weighted by molar-refractivity contribution is 5.81. The summed E-state index contributed by atoms with van der Waals surface area (Å²) in [5.41, 5.74) is 0.600. The molecule has 1 atom stereocenters. The Hall–Kier alpha value is -1.92. The van der Waals surface area contributed by atoms with E-state index in [4.69, 9.17) is 9.57 Å². The van der Waals surface area contributed by atoms with E-state index in [2.05, 4.69) is 12.1 Å². The highest BCUT2D eigenvalue weighted by atomic mass is 16.7. The first-order chi connectivity index (χ1) is 14.1. The van der Waals surface area contributed by atoms with Gasteiger partial charge in [0.2, 0.25) is 5.91 Å². The first-order valence-corrected chi connectivity index (χ1v) is 11.0. The summed E-state index contributed by atoms with van der Waals surface area (Å²) in [4.78, 5) is 33.3. The average molecular weight is 403 g/mol. The Balaban J connectivity index is 1.62. The van der Waals surface area contributed by atoms with Crippen molar-refractivity contribution >= 4 is 11.9 Å². The zero-order valence-electron chi connectivity index (χ0n) is 17.6. The van der Waals surface area contributed by atoms with Gasteiger partial charge < -0.3 is 9.64 Å². The van der Waals surface area contributed by atoms with Crippen LogP contribution in [0.2, 0.25) is 0 Å². The van der Waals surface area contributed by atoms with Crippen molar-refractivity contribution in [2.75, 3.05) is 39.4 Å². The lowest BCUT2D eigenvalue weighted by molar-refractivity contribution is -0.183. The van der Waals surface area contributed by atoms with Gasteiger partial charge in [-0.25, -0.2) is 0 Å². The molecule has 2 heterocycles. The fourth-order valence-electron chi connectivity index (χ4n) is 4.33. The van der Waals surface area contributed by atoms with Gasteiger partial charge in [0.15, 0.2) is 0 Å². The molecule has 160 valence electrons. The number of aryl methyl sites for hydroxylation is 1. The molecule has 2 saturated heterocycles. The zero-order chi connectivity index (χ0) is 20.5. The molecule has 6 heteroatoms. The summed E-state index contributed by atoms with van der Waals surface area (Å²) in [5, 5.41) is 1.90. The summed E-state index contributed by atoms with van der Waals surface area (Å²) in [6.07, 6.45) is 5.75. The predicted molar refractivity (Wildman–Crippen MR) is 111 cm³/mol. The normalized spacial score (nSPS) is 23.0. The lowest BCUT2D eigenvalue weighted by Crippen LogP contribution is -2.51. The molecule has 1 amide bonds. The lowest BCUT2D eigenvalue weighted by Gasteiger charge is -2.41. The molecular weight excluding hydrogens is 368 g/mol.